The standard InChI is InChI=1S/C20H26N2O2/c1-20(23,18-5-3-2-4-6-18)16-21-15-17-7-9-19(10-8-17)22-11-13-24-14-12-22/h2-10,21,23H,11-16H2,1H3. The van der Waals surface area contributed by atoms with Crippen LogP contribution in [-0.4, -0.2) is 38.0 Å². The summed E-state index contributed by atoms with van der Waals surface area (Å²) in [5.74, 6) is 0. The van der Waals surface area contributed by atoms with Gasteiger partial charge in [0.25, 0.3) is 0 Å². The lowest BCUT2D eigenvalue weighted by atomic mass is 9.96. The van der Waals surface area contributed by atoms with Gasteiger partial charge in [-0.2, -0.15) is 0 Å². The van der Waals surface area contributed by atoms with Crippen LogP contribution in [-0.2, 0) is 16.9 Å². The van der Waals surface area contributed by atoms with Gasteiger partial charge in [0.05, 0.1) is 18.8 Å². The van der Waals surface area contributed by atoms with E-state index in [0.29, 0.717) is 6.54 Å². The highest BCUT2D eigenvalue weighted by Crippen LogP contribution is 2.20. The number of aliphatic hydroxyl groups is 1. The maximum Gasteiger partial charge on any atom is 0.0992 e. The van der Waals surface area contributed by atoms with Crippen molar-refractivity contribution in [2.45, 2.75) is 19.1 Å². The van der Waals surface area contributed by atoms with E-state index in [4.69, 9.17) is 4.74 Å². The first-order valence-corrected chi connectivity index (χ1v) is 8.55. The molecule has 1 saturated heterocycles. The topological polar surface area (TPSA) is 44.7 Å². The van der Waals surface area contributed by atoms with Crippen LogP contribution in [0.4, 0.5) is 5.69 Å². The average molecular weight is 326 g/mol. The molecule has 3 rings (SSSR count). The molecule has 0 bridgehead atoms. The molecule has 1 unspecified atom stereocenters. The van der Waals surface area contributed by atoms with Gasteiger partial charge in [-0.1, -0.05) is 42.5 Å². The van der Waals surface area contributed by atoms with Crippen LogP contribution >= 0.6 is 0 Å². The monoisotopic (exact) mass is 326 g/mol. The zero-order chi connectivity index (χ0) is 16.8. The molecule has 2 N–H and O–H groups in total. The van der Waals surface area contributed by atoms with Crippen molar-refractivity contribution in [1.82, 2.24) is 5.32 Å². The number of rotatable bonds is 6. The Hall–Kier alpha value is -1.88. The van der Waals surface area contributed by atoms with Crippen LogP contribution in [0.25, 0.3) is 0 Å². The van der Waals surface area contributed by atoms with E-state index in [0.717, 1.165) is 38.4 Å². The average Bonchev–Trinajstić information content (AvgIpc) is 2.64. The molecule has 0 radical (unpaired) electrons. The fraction of sp³-hybridized carbons (Fsp3) is 0.400. The van der Waals surface area contributed by atoms with E-state index in [1.54, 1.807) is 0 Å². The predicted octanol–water partition coefficient (Wildman–Crippen LogP) is 2.52. The highest BCUT2D eigenvalue weighted by atomic mass is 16.5. The van der Waals surface area contributed by atoms with Crippen LogP contribution in [0.1, 0.15) is 18.1 Å². The van der Waals surface area contributed by atoms with Gasteiger partial charge in [0.1, 0.15) is 0 Å². The molecule has 1 heterocycles. The van der Waals surface area contributed by atoms with Crippen molar-refractivity contribution in [2.75, 3.05) is 37.7 Å². The molecule has 2 aromatic rings. The molecule has 0 amide bonds. The van der Waals surface area contributed by atoms with Gasteiger partial charge in [0.15, 0.2) is 0 Å². The number of nitrogens with one attached hydrogen (secondary N) is 1. The van der Waals surface area contributed by atoms with Crippen molar-refractivity contribution >= 4 is 5.69 Å². The summed E-state index contributed by atoms with van der Waals surface area (Å²) in [4.78, 5) is 2.35. The second-order valence-corrected chi connectivity index (χ2v) is 6.51. The first kappa shape index (κ1) is 17.0. The number of hydrogen-bond acceptors (Lipinski definition) is 4. The minimum atomic E-state index is -0.866. The van der Waals surface area contributed by atoms with Gasteiger partial charge in [-0.25, -0.2) is 0 Å². The van der Waals surface area contributed by atoms with E-state index in [-0.39, 0.29) is 0 Å². The molecule has 0 aromatic heterocycles. The zero-order valence-corrected chi connectivity index (χ0v) is 14.2. The second kappa shape index (κ2) is 7.79. The molecule has 4 heteroatoms. The summed E-state index contributed by atoms with van der Waals surface area (Å²) in [5, 5.41) is 14.0. The number of benzene rings is 2. The van der Waals surface area contributed by atoms with Crippen molar-refractivity contribution < 1.29 is 9.84 Å². The van der Waals surface area contributed by atoms with E-state index in [1.807, 2.05) is 37.3 Å². The summed E-state index contributed by atoms with van der Waals surface area (Å²) in [6.07, 6.45) is 0. The third-order valence-corrected chi connectivity index (χ3v) is 4.51. The van der Waals surface area contributed by atoms with Crippen LogP contribution in [0.15, 0.2) is 54.6 Å². The molecule has 1 aliphatic rings. The normalized spacial score (nSPS) is 17.5. The summed E-state index contributed by atoms with van der Waals surface area (Å²) >= 11 is 0. The lowest BCUT2D eigenvalue weighted by molar-refractivity contribution is 0.0567. The summed E-state index contributed by atoms with van der Waals surface area (Å²) in [5.41, 5.74) is 2.53. The van der Waals surface area contributed by atoms with Crippen LogP contribution in [0.5, 0.6) is 0 Å². The maximum absolute atomic E-state index is 10.6. The Kier molecular flexibility index (Phi) is 5.51. The van der Waals surface area contributed by atoms with E-state index in [1.165, 1.54) is 11.3 Å². The van der Waals surface area contributed by atoms with Gasteiger partial charge in [-0.15, -0.1) is 0 Å². The molecule has 0 aliphatic carbocycles. The van der Waals surface area contributed by atoms with Crippen LogP contribution < -0.4 is 10.2 Å². The number of hydrogen-bond donors (Lipinski definition) is 2. The van der Waals surface area contributed by atoms with Crippen molar-refractivity contribution in [3.8, 4) is 0 Å². The molecule has 1 atom stereocenters. The molecule has 1 aliphatic heterocycles. The zero-order valence-electron chi connectivity index (χ0n) is 14.2. The van der Waals surface area contributed by atoms with Gasteiger partial charge in [-0.05, 0) is 30.2 Å². The van der Waals surface area contributed by atoms with Gasteiger partial charge in [0.2, 0.25) is 0 Å². The molecule has 2 aromatic carbocycles. The second-order valence-electron chi connectivity index (χ2n) is 6.51. The van der Waals surface area contributed by atoms with E-state index >= 15 is 0 Å². The number of ether oxygens (including phenoxy) is 1. The van der Waals surface area contributed by atoms with E-state index in [9.17, 15) is 5.11 Å². The van der Waals surface area contributed by atoms with Crippen LogP contribution in [0.3, 0.4) is 0 Å². The lowest BCUT2D eigenvalue weighted by Crippen LogP contribution is -2.36. The first-order chi connectivity index (χ1) is 11.6. The third kappa shape index (κ3) is 4.35. The molecule has 24 heavy (non-hydrogen) atoms. The Bertz CT molecular complexity index is 620. The van der Waals surface area contributed by atoms with Crippen LogP contribution in [0.2, 0.25) is 0 Å². The van der Waals surface area contributed by atoms with Gasteiger partial charge >= 0.3 is 0 Å². The Morgan fingerprint density at radius 3 is 2.38 bits per heavy atom. The predicted molar refractivity (Wildman–Crippen MR) is 97.2 cm³/mol. The minimum absolute atomic E-state index is 0.516. The van der Waals surface area contributed by atoms with E-state index < -0.39 is 5.60 Å². The fourth-order valence-electron chi connectivity index (χ4n) is 3.00. The molecular weight excluding hydrogens is 300 g/mol. The van der Waals surface area contributed by atoms with Gasteiger partial charge < -0.3 is 20.1 Å². The fourth-order valence-corrected chi connectivity index (χ4v) is 3.00. The SMILES string of the molecule is CC(O)(CNCc1ccc(N2CCOCC2)cc1)c1ccccc1. The maximum atomic E-state index is 10.6. The highest BCUT2D eigenvalue weighted by Gasteiger charge is 2.21. The largest absolute Gasteiger partial charge is 0.384 e. The van der Waals surface area contributed by atoms with Crippen molar-refractivity contribution in [2.24, 2.45) is 0 Å². The van der Waals surface area contributed by atoms with Crippen molar-refractivity contribution in [1.29, 1.82) is 0 Å². The molecule has 0 spiro atoms. The molecule has 4 nitrogen and oxygen atoms in total. The third-order valence-electron chi connectivity index (χ3n) is 4.51. The first-order valence-electron chi connectivity index (χ1n) is 8.55. The minimum Gasteiger partial charge on any atom is -0.384 e. The lowest BCUT2D eigenvalue weighted by Gasteiger charge is -2.29. The summed E-state index contributed by atoms with van der Waals surface area (Å²) in [6, 6.07) is 18.4. The Balaban J connectivity index is 1.51. The molecule has 1 fully saturated rings. The highest BCUT2D eigenvalue weighted by molar-refractivity contribution is 5.47. The summed E-state index contributed by atoms with van der Waals surface area (Å²) in [7, 11) is 0. The molecule has 128 valence electrons. The van der Waals surface area contributed by atoms with Gasteiger partial charge in [-0.3, -0.25) is 0 Å². The smallest absolute Gasteiger partial charge is 0.0992 e. The van der Waals surface area contributed by atoms with Crippen LogP contribution in [0, 0.1) is 0 Å². The molecule has 0 saturated carbocycles. The van der Waals surface area contributed by atoms with Gasteiger partial charge in [0, 0.05) is 31.9 Å². The number of morpholine rings is 1. The quantitative estimate of drug-likeness (QED) is 0.856. The number of nitrogens with zero attached hydrogens (tertiary/aromatic N) is 1. The number of anilines is 1. The van der Waals surface area contributed by atoms with Crippen molar-refractivity contribution in [3.05, 3.63) is 65.7 Å². The van der Waals surface area contributed by atoms with Crippen molar-refractivity contribution in [3.63, 3.8) is 0 Å². The Morgan fingerprint density at radius 1 is 1.04 bits per heavy atom. The molecular formula is C20H26N2O2. The Morgan fingerprint density at radius 2 is 1.71 bits per heavy atom. The van der Waals surface area contributed by atoms with E-state index in [2.05, 4.69) is 34.5 Å². The summed E-state index contributed by atoms with van der Waals surface area (Å²) < 4.78 is 5.39. The Labute approximate surface area is 144 Å². The summed E-state index contributed by atoms with van der Waals surface area (Å²) in [6.45, 7) is 6.62.